The molecular weight excluding hydrogens is 380 g/mol. The minimum Gasteiger partial charge on any atom is -0.376 e. The van der Waals surface area contributed by atoms with Crippen LogP contribution in [0.25, 0.3) is 0 Å². The lowest BCUT2D eigenvalue weighted by Crippen LogP contribution is -2.24. The fourth-order valence-electron chi connectivity index (χ4n) is 2.85. The van der Waals surface area contributed by atoms with Crippen LogP contribution < -0.4 is 21.7 Å². The number of rotatable bonds is 7. The summed E-state index contributed by atoms with van der Waals surface area (Å²) in [6, 6.07) is 20.8. The van der Waals surface area contributed by atoms with Crippen molar-refractivity contribution >= 4 is 34.8 Å². The first-order valence-corrected chi connectivity index (χ1v) is 9.33. The Labute approximate surface area is 174 Å². The predicted molar refractivity (Wildman–Crippen MR) is 118 cm³/mol. The molecule has 0 bridgehead atoms. The van der Waals surface area contributed by atoms with Crippen LogP contribution in [0.3, 0.4) is 0 Å². The number of benzene rings is 3. The largest absolute Gasteiger partial charge is 0.376 e. The summed E-state index contributed by atoms with van der Waals surface area (Å²) in [5.41, 5.74) is 8.58. The highest BCUT2D eigenvalue weighted by Gasteiger charge is 2.14. The second-order valence-electron chi connectivity index (χ2n) is 6.66. The van der Waals surface area contributed by atoms with Gasteiger partial charge in [0.15, 0.2) is 0 Å². The molecule has 0 unspecified atom stereocenters. The molecule has 152 valence electrons. The lowest BCUT2D eigenvalue weighted by molar-refractivity contribution is -0.114. The quantitative estimate of drug-likeness (QED) is 0.485. The Hall–Kier alpha value is -4.13. The molecule has 0 fully saturated rings. The number of nitrogens with one attached hydrogen (secondary N) is 3. The number of hydrogen-bond donors (Lipinski definition) is 4. The molecule has 0 radical (unpaired) electrons. The molecule has 7 heteroatoms. The van der Waals surface area contributed by atoms with Gasteiger partial charge in [-0.15, -0.1) is 0 Å². The third kappa shape index (κ3) is 5.23. The molecule has 0 atom stereocenters. The van der Waals surface area contributed by atoms with Gasteiger partial charge in [0.1, 0.15) is 0 Å². The van der Waals surface area contributed by atoms with Crippen LogP contribution in [0.2, 0.25) is 0 Å². The van der Waals surface area contributed by atoms with E-state index < -0.39 is 5.91 Å². The highest BCUT2D eigenvalue weighted by Crippen LogP contribution is 2.19. The lowest BCUT2D eigenvalue weighted by Gasteiger charge is -2.13. The number of carbonyl (C=O) groups excluding carboxylic acids is 3. The maximum atomic E-state index is 12.6. The van der Waals surface area contributed by atoms with Crippen molar-refractivity contribution < 1.29 is 14.4 Å². The third-order valence-electron chi connectivity index (χ3n) is 4.44. The molecule has 5 N–H and O–H groups in total. The van der Waals surface area contributed by atoms with Crippen molar-refractivity contribution in [3.63, 3.8) is 0 Å². The van der Waals surface area contributed by atoms with E-state index in [0.29, 0.717) is 28.2 Å². The van der Waals surface area contributed by atoms with Crippen molar-refractivity contribution in [2.75, 3.05) is 22.5 Å². The van der Waals surface area contributed by atoms with Gasteiger partial charge in [0, 0.05) is 16.9 Å². The highest BCUT2D eigenvalue weighted by molar-refractivity contribution is 6.10. The summed E-state index contributed by atoms with van der Waals surface area (Å²) in [6.07, 6.45) is 0. The summed E-state index contributed by atoms with van der Waals surface area (Å²) in [6.45, 7) is 1.81. The number of hydrogen-bond acceptors (Lipinski definition) is 4. The zero-order valence-corrected chi connectivity index (χ0v) is 16.4. The maximum absolute atomic E-state index is 12.6. The number of nitrogens with two attached hydrogens (primary N) is 1. The normalized spacial score (nSPS) is 10.2. The lowest BCUT2D eigenvalue weighted by atomic mass is 10.1. The van der Waals surface area contributed by atoms with E-state index in [4.69, 9.17) is 5.73 Å². The van der Waals surface area contributed by atoms with Gasteiger partial charge in [-0.2, -0.15) is 0 Å². The van der Waals surface area contributed by atoms with Crippen LogP contribution in [0.15, 0.2) is 72.8 Å². The molecule has 0 aliphatic rings. The van der Waals surface area contributed by atoms with Gasteiger partial charge < -0.3 is 21.7 Å². The van der Waals surface area contributed by atoms with Crippen LogP contribution in [0, 0.1) is 6.92 Å². The van der Waals surface area contributed by atoms with Crippen molar-refractivity contribution in [3.8, 4) is 0 Å². The highest BCUT2D eigenvalue weighted by atomic mass is 16.2. The standard InChI is InChI=1S/C23H22N4O3/c1-15-11-12-16(22(24)29)13-20(15)25-14-21(28)27-19-10-6-5-9-18(19)23(30)26-17-7-3-2-4-8-17/h2-13,25H,14H2,1H3,(H2,24,29)(H,26,30)(H,27,28). The van der Waals surface area contributed by atoms with Gasteiger partial charge in [-0.05, 0) is 48.9 Å². The fraction of sp³-hybridized carbons (Fsp3) is 0.0870. The molecule has 30 heavy (non-hydrogen) atoms. The Morgan fingerprint density at radius 3 is 2.27 bits per heavy atom. The van der Waals surface area contributed by atoms with E-state index in [1.165, 1.54) is 0 Å². The smallest absolute Gasteiger partial charge is 0.257 e. The number of para-hydroxylation sites is 2. The van der Waals surface area contributed by atoms with Crippen LogP contribution in [0.1, 0.15) is 26.3 Å². The summed E-state index contributed by atoms with van der Waals surface area (Å²) < 4.78 is 0. The summed E-state index contributed by atoms with van der Waals surface area (Å²) in [5, 5.41) is 8.55. The molecule has 3 amide bonds. The van der Waals surface area contributed by atoms with Gasteiger partial charge in [0.05, 0.1) is 17.8 Å². The van der Waals surface area contributed by atoms with E-state index in [1.807, 2.05) is 25.1 Å². The van der Waals surface area contributed by atoms with E-state index in [1.54, 1.807) is 54.6 Å². The van der Waals surface area contributed by atoms with Gasteiger partial charge >= 0.3 is 0 Å². The first kappa shape index (κ1) is 20.6. The minimum atomic E-state index is -0.541. The molecule has 0 aromatic heterocycles. The summed E-state index contributed by atoms with van der Waals surface area (Å²) in [4.78, 5) is 36.4. The third-order valence-corrected chi connectivity index (χ3v) is 4.44. The molecule has 0 saturated carbocycles. The molecule has 3 aromatic carbocycles. The molecule has 3 aromatic rings. The topological polar surface area (TPSA) is 113 Å². The van der Waals surface area contributed by atoms with Crippen LogP contribution in [-0.2, 0) is 4.79 Å². The fourth-order valence-corrected chi connectivity index (χ4v) is 2.85. The number of anilines is 3. The van der Waals surface area contributed by atoms with E-state index >= 15 is 0 Å². The van der Waals surface area contributed by atoms with E-state index in [9.17, 15) is 14.4 Å². The van der Waals surface area contributed by atoms with Crippen LogP contribution in [-0.4, -0.2) is 24.3 Å². The Kier molecular flexibility index (Phi) is 6.44. The van der Waals surface area contributed by atoms with E-state index in [0.717, 1.165) is 5.56 Å². The Bertz CT molecular complexity index is 1080. The maximum Gasteiger partial charge on any atom is 0.257 e. The van der Waals surface area contributed by atoms with Crippen LogP contribution in [0.5, 0.6) is 0 Å². The van der Waals surface area contributed by atoms with Crippen molar-refractivity contribution in [2.45, 2.75) is 6.92 Å². The Morgan fingerprint density at radius 2 is 1.53 bits per heavy atom. The molecule has 0 aliphatic heterocycles. The van der Waals surface area contributed by atoms with Crippen molar-refractivity contribution in [1.29, 1.82) is 0 Å². The average molecular weight is 402 g/mol. The summed E-state index contributed by atoms with van der Waals surface area (Å²) in [5.74, 6) is -1.20. The number of amides is 3. The zero-order valence-electron chi connectivity index (χ0n) is 16.4. The van der Waals surface area contributed by atoms with E-state index in [-0.39, 0.29) is 18.4 Å². The molecule has 0 heterocycles. The second kappa shape index (κ2) is 9.38. The van der Waals surface area contributed by atoms with Crippen LogP contribution >= 0.6 is 0 Å². The SMILES string of the molecule is Cc1ccc(C(N)=O)cc1NCC(=O)Nc1ccccc1C(=O)Nc1ccccc1. The van der Waals surface area contributed by atoms with E-state index in [2.05, 4.69) is 16.0 Å². The number of primary amides is 1. The molecule has 0 spiro atoms. The Balaban J connectivity index is 1.67. The summed E-state index contributed by atoms with van der Waals surface area (Å²) in [7, 11) is 0. The molecule has 0 saturated heterocycles. The molecule has 7 nitrogen and oxygen atoms in total. The zero-order chi connectivity index (χ0) is 21.5. The van der Waals surface area contributed by atoms with Gasteiger partial charge in [0.2, 0.25) is 11.8 Å². The van der Waals surface area contributed by atoms with Crippen molar-refractivity contribution in [2.24, 2.45) is 5.73 Å². The molecule has 3 rings (SSSR count). The van der Waals surface area contributed by atoms with Gasteiger partial charge in [-0.1, -0.05) is 36.4 Å². The minimum absolute atomic E-state index is 0.0440. The van der Waals surface area contributed by atoms with Crippen molar-refractivity contribution in [1.82, 2.24) is 0 Å². The van der Waals surface area contributed by atoms with Gasteiger partial charge in [-0.25, -0.2) is 0 Å². The predicted octanol–water partition coefficient (Wildman–Crippen LogP) is 3.40. The van der Waals surface area contributed by atoms with Crippen molar-refractivity contribution in [3.05, 3.63) is 89.5 Å². The van der Waals surface area contributed by atoms with Gasteiger partial charge in [-0.3, -0.25) is 14.4 Å². The second-order valence-corrected chi connectivity index (χ2v) is 6.66. The van der Waals surface area contributed by atoms with Gasteiger partial charge in [0.25, 0.3) is 5.91 Å². The number of aryl methyl sites for hydroxylation is 1. The first-order chi connectivity index (χ1) is 14.4. The monoisotopic (exact) mass is 402 g/mol. The number of carbonyl (C=O) groups is 3. The van der Waals surface area contributed by atoms with Crippen LogP contribution in [0.4, 0.5) is 17.1 Å². The molecule has 0 aliphatic carbocycles. The average Bonchev–Trinajstić information content (AvgIpc) is 2.74. The first-order valence-electron chi connectivity index (χ1n) is 9.33. The summed E-state index contributed by atoms with van der Waals surface area (Å²) >= 11 is 0. The Morgan fingerprint density at radius 1 is 0.833 bits per heavy atom. The molecular formula is C23H22N4O3.